The highest BCUT2D eigenvalue weighted by Crippen LogP contribution is 2.25. The molecule has 1 saturated heterocycles. The SMILES string of the molecule is CC1(O)CCN(Cc2cc(F)ccc2[N+](=O)[O-])CC1. The zero-order valence-electron chi connectivity index (χ0n) is 10.8. The van der Waals surface area contributed by atoms with E-state index >= 15 is 0 Å². The Balaban J connectivity index is 2.11. The van der Waals surface area contributed by atoms with Crippen molar-refractivity contribution in [3.8, 4) is 0 Å². The van der Waals surface area contributed by atoms with Crippen LogP contribution in [0.25, 0.3) is 0 Å². The van der Waals surface area contributed by atoms with Gasteiger partial charge in [0.25, 0.3) is 5.69 Å². The molecule has 1 aromatic rings. The van der Waals surface area contributed by atoms with Crippen molar-refractivity contribution >= 4 is 5.69 Å². The van der Waals surface area contributed by atoms with Gasteiger partial charge in [-0.1, -0.05) is 0 Å². The number of hydrogen-bond acceptors (Lipinski definition) is 4. The lowest BCUT2D eigenvalue weighted by molar-refractivity contribution is -0.385. The Morgan fingerprint density at radius 1 is 1.47 bits per heavy atom. The lowest BCUT2D eigenvalue weighted by atomic mass is 9.93. The van der Waals surface area contributed by atoms with Gasteiger partial charge in [-0.05, 0) is 31.9 Å². The van der Waals surface area contributed by atoms with Gasteiger partial charge in [0.2, 0.25) is 0 Å². The van der Waals surface area contributed by atoms with Crippen LogP contribution in [0.3, 0.4) is 0 Å². The van der Waals surface area contributed by atoms with E-state index in [-0.39, 0.29) is 5.69 Å². The smallest absolute Gasteiger partial charge is 0.274 e. The Labute approximate surface area is 110 Å². The first-order chi connectivity index (χ1) is 8.87. The van der Waals surface area contributed by atoms with Crippen molar-refractivity contribution < 1.29 is 14.4 Å². The van der Waals surface area contributed by atoms with Crippen LogP contribution in [0.2, 0.25) is 0 Å². The molecule has 104 valence electrons. The van der Waals surface area contributed by atoms with Gasteiger partial charge in [-0.25, -0.2) is 4.39 Å². The number of piperidine rings is 1. The minimum absolute atomic E-state index is 0.0567. The second-order valence-electron chi connectivity index (χ2n) is 5.30. The monoisotopic (exact) mass is 268 g/mol. The number of nitro benzene ring substituents is 1. The van der Waals surface area contributed by atoms with Gasteiger partial charge in [0.1, 0.15) is 5.82 Å². The Morgan fingerprint density at radius 2 is 2.11 bits per heavy atom. The first kappa shape index (κ1) is 13.9. The van der Waals surface area contributed by atoms with Crippen molar-refractivity contribution in [2.24, 2.45) is 0 Å². The number of nitro groups is 1. The molecule has 1 fully saturated rings. The summed E-state index contributed by atoms with van der Waals surface area (Å²) in [5.41, 5.74) is -0.338. The fourth-order valence-electron chi connectivity index (χ4n) is 2.29. The van der Waals surface area contributed by atoms with Crippen molar-refractivity contribution in [3.63, 3.8) is 0 Å². The Bertz CT molecular complexity index is 481. The summed E-state index contributed by atoms with van der Waals surface area (Å²) in [5.74, 6) is -0.468. The van der Waals surface area contributed by atoms with Crippen LogP contribution < -0.4 is 0 Å². The van der Waals surface area contributed by atoms with Gasteiger partial charge in [-0.15, -0.1) is 0 Å². The van der Waals surface area contributed by atoms with Gasteiger partial charge in [-0.3, -0.25) is 15.0 Å². The number of halogens is 1. The Morgan fingerprint density at radius 3 is 2.68 bits per heavy atom. The van der Waals surface area contributed by atoms with Crippen LogP contribution in [0.5, 0.6) is 0 Å². The average molecular weight is 268 g/mol. The topological polar surface area (TPSA) is 66.6 Å². The van der Waals surface area contributed by atoms with E-state index in [9.17, 15) is 19.6 Å². The first-order valence-electron chi connectivity index (χ1n) is 6.25. The largest absolute Gasteiger partial charge is 0.390 e. The average Bonchev–Trinajstić information content (AvgIpc) is 2.31. The molecule has 6 heteroatoms. The van der Waals surface area contributed by atoms with Crippen LogP contribution in [-0.4, -0.2) is 33.6 Å². The van der Waals surface area contributed by atoms with Gasteiger partial charge in [0, 0.05) is 31.3 Å². The summed E-state index contributed by atoms with van der Waals surface area (Å²) in [6.07, 6.45) is 1.24. The summed E-state index contributed by atoms with van der Waals surface area (Å²) >= 11 is 0. The number of aliphatic hydroxyl groups is 1. The second kappa shape index (κ2) is 5.22. The molecule has 19 heavy (non-hydrogen) atoms. The van der Waals surface area contributed by atoms with E-state index in [0.29, 0.717) is 38.0 Å². The zero-order chi connectivity index (χ0) is 14.0. The summed E-state index contributed by atoms with van der Waals surface area (Å²) in [4.78, 5) is 12.4. The summed E-state index contributed by atoms with van der Waals surface area (Å²) in [6, 6.07) is 3.51. The fourth-order valence-corrected chi connectivity index (χ4v) is 2.29. The van der Waals surface area contributed by atoms with Crippen molar-refractivity contribution in [3.05, 3.63) is 39.7 Å². The van der Waals surface area contributed by atoms with Gasteiger partial charge in [0.15, 0.2) is 0 Å². The van der Waals surface area contributed by atoms with E-state index < -0.39 is 16.3 Å². The number of hydrogen-bond donors (Lipinski definition) is 1. The molecule has 0 unspecified atom stereocenters. The molecule has 0 spiro atoms. The molecule has 0 radical (unpaired) electrons. The van der Waals surface area contributed by atoms with E-state index in [1.807, 2.05) is 4.90 Å². The molecule has 1 heterocycles. The molecule has 0 atom stereocenters. The van der Waals surface area contributed by atoms with Crippen molar-refractivity contribution in [1.82, 2.24) is 4.90 Å². The molecule has 0 aromatic heterocycles. The third kappa shape index (κ3) is 3.48. The van der Waals surface area contributed by atoms with Crippen LogP contribution >= 0.6 is 0 Å². The summed E-state index contributed by atoms with van der Waals surface area (Å²) in [7, 11) is 0. The van der Waals surface area contributed by atoms with Crippen molar-refractivity contribution in [2.75, 3.05) is 13.1 Å². The third-order valence-electron chi connectivity index (χ3n) is 3.57. The minimum atomic E-state index is -0.662. The standard InChI is InChI=1S/C13H17FN2O3/c1-13(17)4-6-15(7-5-13)9-10-8-11(14)2-3-12(10)16(18)19/h2-3,8,17H,4-7,9H2,1H3. The predicted molar refractivity (Wildman–Crippen MR) is 68.2 cm³/mol. The lowest BCUT2D eigenvalue weighted by Gasteiger charge is -2.35. The maximum absolute atomic E-state index is 13.2. The highest BCUT2D eigenvalue weighted by Gasteiger charge is 2.28. The number of nitrogens with zero attached hydrogens (tertiary/aromatic N) is 2. The molecule has 0 amide bonds. The van der Waals surface area contributed by atoms with Gasteiger partial charge < -0.3 is 5.11 Å². The minimum Gasteiger partial charge on any atom is -0.390 e. The van der Waals surface area contributed by atoms with Gasteiger partial charge >= 0.3 is 0 Å². The Kier molecular flexibility index (Phi) is 3.82. The molecular formula is C13H17FN2O3. The molecule has 5 nitrogen and oxygen atoms in total. The molecule has 2 rings (SSSR count). The van der Waals surface area contributed by atoms with Gasteiger partial charge in [-0.2, -0.15) is 0 Å². The highest BCUT2D eigenvalue weighted by molar-refractivity contribution is 5.40. The first-order valence-corrected chi connectivity index (χ1v) is 6.25. The van der Waals surface area contributed by atoms with E-state index in [1.165, 1.54) is 12.1 Å². The van der Waals surface area contributed by atoms with Crippen molar-refractivity contribution in [2.45, 2.75) is 31.9 Å². The quantitative estimate of drug-likeness (QED) is 0.673. The van der Waals surface area contributed by atoms with E-state index in [1.54, 1.807) is 6.92 Å². The van der Waals surface area contributed by atoms with E-state index in [0.717, 1.165) is 6.07 Å². The molecule has 0 aliphatic carbocycles. The maximum atomic E-state index is 13.2. The van der Waals surface area contributed by atoms with Crippen LogP contribution in [0.15, 0.2) is 18.2 Å². The number of rotatable bonds is 3. The molecule has 1 N–H and O–H groups in total. The summed E-state index contributed by atoms with van der Waals surface area (Å²) in [5, 5.41) is 20.8. The number of likely N-dealkylation sites (tertiary alicyclic amines) is 1. The van der Waals surface area contributed by atoms with Crippen LogP contribution in [0, 0.1) is 15.9 Å². The van der Waals surface area contributed by atoms with Crippen LogP contribution in [0.4, 0.5) is 10.1 Å². The van der Waals surface area contributed by atoms with Crippen molar-refractivity contribution in [1.29, 1.82) is 0 Å². The third-order valence-corrected chi connectivity index (χ3v) is 3.57. The van der Waals surface area contributed by atoms with Gasteiger partial charge in [0.05, 0.1) is 10.5 Å². The maximum Gasteiger partial charge on any atom is 0.274 e. The summed E-state index contributed by atoms with van der Waals surface area (Å²) in [6.45, 7) is 3.43. The molecule has 1 aliphatic heterocycles. The summed E-state index contributed by atoms with van der Waals surface area (Å²) < 4.78 is 13.2. The number of benzene rings is 1. The Hall–Kier alpha value is -1.53. The molecule has 1 aliphatic rings. The predicted octanol–water partition coefficient (Wildman–Crippen LogP) is 2.08. The van der Waals surface area contributed by atoms with Crippen LogP contribution in [-0.2, 0) is 6.54 Å². The molecular weight excluding hydrogens is 251 g/mol. The highest BCUT2D eigenvalue weighted by atomic mass is 19.1. The normalized spacial score (nSPS) is 19.3. The zero-order valence-corrected chi connectivity index (χ0v) is 10.8. The molecule has 1 aromatic carbocycles. The van der Waals surface area contributed by atoms with E-state index in [2.05, 4.69) is 0 Å². The molecule has 0 saturated carbocycles. The van der Waals surface area contributed by atoms with Crippen LogP contribution in [0.1, 0.15) is 25.3 Å². The second-order valence-corrected chi connectivity index (χ2v) is 5.30. The molecule has 0 bridgehead atoms. The van der Waals surface area contributed by atoms with E-state index in [4.69, 9.17) is 0 Å². The fraction of sp³-hybridized carbons (Fsp3) is 0.538. The lowest BCUT2D eigenvalue weighted by Crippen LogP contribution is -2.42.